The van der Waals surface area contributed by atoms with Crippen molar-refractivity contribution in [3.05, 3.63) is 21.9 Å². The average Bonchev–Trinajstić information content (AvgIpc) is 3.06. The summed E-state index contributed by atoms with van der Waals surface area (Å²) < 4.78 is 0. The summed E-state index contributed by atoms with van der Waals surface area (Å²) >= 11 is 1.85. The number of guanidine groups is 1. The van der Waals surface area contributed by atoms with Crippen molar-refractivity contribution in [2.45, 2.75) is 64.5 Å². The SMILES string of the molecule is CCNC(=NCC1(O)CCCC1)NC(C)Cc1ccc(C)s1. The highest BCUT2D eigenvalue weighted by molar-refractivity contribution is 7.11. The maximum Gasteiger partial charge on any atom is 0.191 e. The van der Waals surface area contributed by atoms with E-state index >= 15 is 0 Å². The van der Waals surface area contributed by atoms with Crippen molar-refractivity contribution >= 4 is 17.3 Å². The van der Waals surface area contributed by atoms with Gasteiger partial charge in [0.1, 0.15) is 0 Å². The number of thiophene rings is 1. The second kappa shape index (κ2) is 7.97. The van der Waals surface area contributed by atoms with Crippen LogP contribution >= 0.6 is 11.3 Å². The lowest BCUT2D eigenvalue weighted by Crippen LogP contribution is -2.44. The minimum atomic E-state index is -0.587. The van der Waals surface area contributed by atoms with Crippen molar-refractivity contribution in [2.24, 2.45) is 4.99 Å². The molecule has 5 heteroatoms. The largest absolute Gasteiger partial charge is 0.388 e. The van der Waals surface area contributed by atoms with Gasteiger partial charge >= 0.3 is 0 Å². The van der Waals surface area contributed by atoms with E-state index in [9.17, 15) is 5.11 Å². The Morgan fingerprint density at radius 3 is 2.73 bits per heavy atom. The van der Waals surface area contributed by atoms with Gasteiger partial charge in [-0.15, -0.1) is 11.3 Å². The zero-order valence-corrected chi connectivity index (χ0v) is 14.8. The normalized spacial score (nSPS) is 19.2. The van der Waals surface area contributed by atoms with E-state index in [1.165, 1.54) is 9.75 Å². The van der Waals surface area contributed by atoms with E-state index in [1.807, 2.05) is 11.3 Å². The second-order valence-corrected chi connectivity index (χ2v) is 7.76. The summed E-state index contributed by atoms with van der Waals surface area (Å²) in [7, 11) is 0. The third kappa shape index (κ3) is 5.29. The topological polar surface area (TPSA) is 56.7 Å². The van der Waals surface area contributed by atoms with Crippen molar-refractivity contribution < 1.29 is 5.11 Å². The third-order valence-electron chi connectivity index (χ3n) is 4.10. The van der Waals surface area contributed by atoms with Gasteiger partial charge in [-0.1, -0.05) is 12.8 Å². The zero-order valence-electron chi connectivity index (χ0n) is 14.0. The molecule has 1 heterocycles. The summed E-state index contributed by atoms with van der Waals surface area (Å²) in [6.07, 6.45) is 4.97. The van der Waals surface area contributed by atoms with Crippen LogP contribution in [0.15, 0.2) is 17.1 Å². The van der Waals surface area contributed by atoms with E-state index in [-0.39, 0.29) is 0 Å². The molecule has 0 aliphatic heterocycles. The number of aliphatic hydroxyl groups is 1. The maximum absolute atomic E-state index is 10.4. The zero-order chi connectivity index (χ0) is 16.0. The molecule has 1 aliphatic carbocycles. The van der Waals surface area contributed by atoms with E-state index < -0.39 is 5.60 Å². The fraction of sp³-hybridized carbons (Fsp3) is 0.706. The van der Waals surface area contributed by atoms with Gasteiger partial charge in [-0.3, -0.25) is 4.99 Å². The second-order valence-electron chi connectivity index (χ2n) is 6.39. The molecule has 124 valence electrons. The molecular weight excluding hydrogens is 294 g/mol. The van der Waals surface area contributed by atoms with E-state index in [4.69, 9.17) is 0 Å². The lowest BCUT2D eigenvalue weighted by atomic mass is 10.0. The molecule has 0 bridgehead atoms. The van der Waals surface area contributed by atoms with Crippen LogP contribution in [-0.2, 0) is 6.42 Å². The van der Waals surface area contributed by atoms with Crippen LogP contribution in [0.3, 0.4) is 0 Å². The Balaban J connectivity index is 1.89. The van der Waals surface area contributed by atoms with E-state index in [2.05, 4.69) is 48.5 Å². The Kier molecular flexibility index (Phi) is 6.26. The van der Waals surface area contributed by atoms with Crippen LogP contribution < -0.4 is 10.6 Å². The minimum absolute atomic E-state index is 0.314. The van der Waals surface area contributed by atoms with Gasteiger partial charge in [0.25, 0.3) is 0 Å². The molecule has 1 atom stereocenters. The first-order valence-corrected chi connectivity index (χ1v) is 9.15. The van der Waals surface area contributed by atoms with Crippen molar-refractivity contribution in [2.75, 3.05) is 13.1 Å². The molecule has 0 spiro atoms. The van der Waals surface area contributed by atoms with Gasteiger partial charge in [-0.2, -0.15) is 0 Å². The molecule has 1 fully saturated rings. The summed E-state index contributed by atoms with van der Waals surface area (Å²) in [4.78, 5) is 7.35. The monoisotopic (exact) mass is 323 g/mol. The molecule has 4 nitrogen and oxygen atoms in total. The highest BCUT2D eigenvalue weighted by Gasteiger charge is 2.30. The number of hydrogen-bond acceptors (Lipinski definition) is 3. The highest BCUT2D eigenvalue weighted by Crippen LogP contribution is 2.29. The van der Waals surface area contributed by atoms with Gasteiger partial charge < -0.3 is 15.7 Å². The smallest absolute Gasteiger partial charge is 0.191 e. The van der Waals surface area contributed by atoms with Gasteiger partial charge in [0.2, 0.25) is 0 Å². The molecule has 0 aromatic carbocycles. The van der Waals surface area contributed by atoms with Gasteiger partial charge in [-0.05, 0) is 45.7 Å². The molecule has 0 saturated heterocycles. The fourth-order valence-electron chi connectivity index (χ4n) is 2.92. The molecule has 1 saturated carbocycles. The van der Waals surface area contributed by atoms with Crippen molar-refractivity contribution in [1.29, 1.82) is 0 Å². The number of nitrogens with zero attached hydrogens (tertiary/aromatic N) is 1. The molecule has 3 N–H and O–H groups in total. The van der Waals surface area contributed by atoms with Crippen LogP contribution in [0.1, 0.15) is 49.3 Å². The molecule has 1 aromatic heterocycles. The van der Waals surface area contributed by atoms with E-state index in [1.54, 1.807) is 0 Å². The van der Waals surface area contributed by atoms with Gasteiger partial charge in [0, 0.05) is 28.8 Å². The van der Waals surface area contributed by atoms with Crippen molar-refractivity contribution in [3.8, 4) is 0 Å². The first-order chi connectivity index (χ1) is 10.5. The summed E-state index contributed by atoms with van der Waals surface area (Å²) in [6.45, 7) is 7.70. The standard InChI is InChI=1S/C17H29N3OS/c1-4-18-16(19-12-17(21)9-5-6-10-17)20-13(2)11-15-8-7-14(3)22-15/h7-8,13,21H,4-6,9-12H2,1-3H3,(H2,18,19,20). The number of nitrogens with one attached hydrogen (secondary N) is 2. The number of rotatable bonds is 6. The predicted octanol–water partition coefficient (Wildman–Crippen LogP) is 2.85. The Morgan fingerprint density at radius 1 is 1.41 bits per heavy atom. The number of aliphatic imine (C=N–C) groups is 1. The fourth-order valence-corrected chi connectivity index (χ4v) is 3.94. The van der Waals surface area contributed by atoms with E-state index in [0.717, 1.165) is 44.6 Å². The predicted molar refractivity (Wildman–Crippen MR) is 94.8 cm³/mol. The molecular formula is C17H29N3OS. The number of hydrogen-bond donors (Lipinski definition) is 3. The van der Waals surface area contributed by atoms with Gasteiger partial charge in [-0.25, -0.2) is 0 Å². The van der Waals surface area contributed by atoms with Crippen LogP contribution in [0.5, 0.6) is 0 Å². The Labute approximate surface area is 138 Å². The molecule has 22 heavy (non-hydrogen) atoms. The van der Waals surface area contributed by atoms with Crippen LogP contribution in [0.25, 0.3) is 0 Å². The quantitative estimate of drug-likeness (QED) is 0.557. The number of aryl methyl sites for hydroxylation is 1. The van der Waals surface area contributed by atoms with Crippen LogP contribution in [-0.4, -0.2) is 35.8 Å². The first-order valence-electron chi connectivity index (χ1n) is 8.33. The van der Waals surface area contributed by atoms with Crippen LogP contribution in [0.2, 0.25) is 0 Å². The Morgan fingerprint density at radius 2 is 2.14 bits per heavy atom. The Hall–Kier alpha value is -1.07. The van der Waals surface area contributed by atoms with Gasteiger partial charge in [0.15, 0.2) is 5.96 Å². The van der Waals surface area contributed by atoms with Crippen LogP contribution in [0.4, 0.5) is 0 Å². The van der Waals surface area contributed by atoms with Crippen molar-refractivity contribution in [3.63, 3.8) is 0 Å². The average molecular weight is 324 g/mol. The highest BCUT2D eigenvalue weighted by atomic mass is 32.1. The summed E-state index contributed by atoms with van der Waals surface area (Å²) in [6, 6.07) is 4.68. The maximum atomic E-state index is 10.4. The summed E-state index contributed by atoms with van der Waals surface area (Å²) in [5.41, 5.74) is -0.587. The molecule has 1 aliphatic rings. The minimum Gasteiger partial charge on any atom is -0.388 e. The Bertz CT molecular complexity index is 492. The molecule has 1 aromatic rings. The van der Waals surface area contributed by atoms with Crippen molar-refractivity contribution in [1.82, 2.24) is 10.6 Å². The lowest BCUT2D eigenvalue weighted by molar-refractivity contribution is 0.0574. The third-order valence-corrected chi connectivity index (χ3v) is 5.12. The summed E-state index contributed by atoms with van der Waals surface area (Å²) in [5, 5.41) is 17.1. The molecule has 0 amide bonds. The van der Waals surface area contributed by atoms with Gasteiger partial charge in [0.05, 0.1) is 12.1 Å². The lowest BCUT2D eigenvalue weighted by Gasteiger charge is -2.22. The molecule has 1 unspecified atom stereocenters. The summed E-state index contributed by atoms with van der Waals surface area (Å²) in [5.74, 6) is 0.809. The van der Waals surface area contributed by atoms with E-state index in [0.29, 0.717) is 12.6 Å². The molecule has 2 rings (SSSR count). The van der Waals surface area contributed by atoms with Crippen LogP contribution in [0, 0.1) is 6.92 Å². The first kappa shape index (κ1) is 17.3. The molecule has 0 radical (unpaired) electrons.